The van der Waals surface area contributed by atoms with E-state index in [1.165, 1.54) is 4.88 Å². The highest BCUT2D eigenvalue weighted by atomic mass is 32.1. The lowest BCUT2D eigenvalue weighted by Gasteiger charge is -1.97. The molecule has 0 aliphatic rings. The van der Waals surface area contributed by atoms with Crippen molar-refractivity contribution < 1.29 is 4.74 Å². The minimum atomic E-state index is 0.779. The fraction of sp³-hybridized carbons (Fsp3) is 0.167. The van der Waals surface area contributed by atoms with E-state index in [1.54, 1.807) is 23.0 Å². The minimum Gasteiger partial charge on any atom is -0.497 e. The molecule has 0 aromatic carbocycles. The number of fused-ring (bicyclic) bond motifs is 1. The number of pyridine rings is 1. The van der Waals surface area contributed by atoms with E-state index >= 15 is 0 Å². The SMILES string of the molecule is COc1ccn2nc(Cc3cccs3)nc2c1. The van der Waals surface area contributed by atoms with Gasteiger partial charge >= 0.3 is 0 Å². The quantitative estimate of drug-likeness (QED) is 0.711. The van der Waals surface area contributed by atoms with Gasteiger partial charge < -0.3 is 4.74 Å². The Morgan fingerprint density at radius 3 is 3.12 bits per heavy atom. The first-order chi connectivity index (χ1) is 8.35. The Kier molecular flexibility index (Phi) is 2.53. The predicted octanol–water partition coefficient (Wildman–Crippen LogP) is 2.39. The number of aromatic nitrogens is 3. The highest BCUT2D eigenvalue weighted by Crippen LogP contribution is 2.15. The molecule has 0 spiro atoms. The van der Waals surface area contributed by atoms with Crippen LogP contribution in [0.4, 0.5) is 0 Å². The van der Waals surface area contributed by atoms with Crippen LogP contribution in [0.1, 0.15) is 10.7 Å². The van der Waals surface area contributed by atoms with Crippen LogP contribution in [0.2, 0.25) is 0 Å². The van der Waals surface area contributed by atoms with E-state index in [9.17, 15) is 0 Å². The molecular weight excluding hydrogens is 234 g/mol. The first kappa shape index (κ1) is 10.3. The maximum absolute atomic E-state index is 5.16. The molecule has 0 N–H and O–H groups in total. The Balaban J connectivity index is 1.96. The predicted molar refractivity (Wildman–Crippen MR) is 66.7 cm³/mol. The summed E-state index contributed by atoms with van der Waals surface area (Å²) in [5.74, 6) is 1.63. The molecule has 5 heteroatoms. The summed E-state index contributed by atoms with van der Waals surface area (Å²) in [7, 11) is 1.65. The summed E-state index contributed by atoms with van der Waals surface area (Å²) < 4.78 is 6.93. The van der Waals surface area contributed by atoms with Crippen LogP contribution in [0, 0.1) is 0 Å². The summed E-state index contributed by atoms with van der Waals surface area (Å²) in [6, 6.07) is 7.89. The molecule has 3 rings (SSSR count). The molecule has 17 heavy (non-hydrogen) atoms. The lowest BCUT2D eigenvalue weighted by atomic mass is 10.3. The molecule has 3 heterocycles. The van der Waals surface area contributed by atoms with Crippen molar-refractivity contribution >= 4 is 17.0 Å². The fourth-order valence-electron chi connectivity index (χ4n) is 1.68. The van der Waals surface area contributed by atoms with E-state index in [2.05, 4.69) is 21.5 Å². The first-order valence-electron chi connectivity index (χ1n) is 5.27. The summed E-state index contributed by atoms with van der Waals surface area (Å²) in [6.45, 7) is 0. The smallest absolute Gasteiger partial charge is 0.159 e. The Labute approximate surface area is 102 Å². The topological polar surface area (TPSA) is 39.4 Å². The summed E-state index contributed by atoms with van der Waals surface area (Å²) in [4.78, 5) is 5.75. The molecule has 86 valence electrons. The molecule has 0 fully saturated rings. The second kappa shape index (κ2) is 4.18. The van der Waals surface area contributed by atoms with Crippen LogP contribution in [0.15, 0.2) is 35.8 Å². The molecule has 0 saturated carbocycles. The van der Waals surface area contributed by atoms with Crippen molar-refractivity contribution in [1.82, 2.24) is 14.6 Å². The second-order valence-corrected chi connectivity index (χ2v) is 4.69. The van der Waals surface area contributed by atoms with Gasteiger partial charge in [-0.25, -0.2) is 9.50 Å². The lowest BCUT2D eigenvalue weighted by molar-refractivity contribution is 0.414. The number of ether oxygens (including phenoxy) is 1. The number of methoxy groups -OCH3 is 1. The standard InChI is InChI=1S/C12H11N3OS/c1-16-9-4-5-15-12(7-9)13-11(14-15)8-10-3-2-6-17-10/h2-7H,8H2,1H3. The highest BCUT2D eigenvalue weighted by molar-refractivity contribution is 7.09. The number of rotatable bonds is 3. The zero-order valence-corrected chi connectivity index (χ0v) is 10.1. The van der Waals surface area contributed by atoms with Crippen molar-refractivity contribution in [3.63, 3.8) is 0 Å². The van der Waals surface area contributed by atoms with Gasteiger partial charge in [-0.1, -0.05) is 6.07 Å². The molecule has 0 bridgehead atoms. The van der Waals surface area contributed by atoms with Crippen molar-refractivity contribution in [3.05, 3.63) is 46.5 Å². The molecule has 0 radical (unpaired) electrons. The maximum Gasteiger partial charge on any atom is 0.159 e. The van der Waals surface area contributed by atoms with Crippen LogP contribution in [-0.2, 0) is 6.42 Å². The first-order valence-corrected chi connectivity index (χ1v) is 6.15. The van der Waals surface area contributed by atoms with Crippen LogP contribution in [-0.4, -0.2) is 21.7 Å². The van der Waals surface area contributed by atoms with Crippen LogP contribution < -0.4 is 4.74 Å². The number of nitrogens with zero attached hydrogens (tertiary/aromatic N) is 3. The van der Waals surface area contributed by atoms with Gasteiger partial charge in [-0.05, 0) is 17.5 Å². The number of hydrogen-bond donors (Lipinski definition) is 0. The Bertz CT molecular complexity index is 630. The largest absolute Gasteiger partial charge is 0.497 e. The zero-order chi connectivity index (χ0) is 11.7. The van der Waals surface area contributed by atoms with Crippen LogP contribution in [0.3, 0.4) is 0 Å². The van der Waals surface area contributed by atoms with Gasteiger partial charge in [0.1, 0.15) is 5.75 Å². The third-order valence-corrected chi connectivity index (χ3v) is 3.38. The van der Waals surface area contributed by atoms with E-state index < -0.39 is 0 Å². The van der Waals surface area contributed by atoms with Crippen molar-refractivity contribution in [2.45, 2.75) is 6.42 Å². The Morgan fingerprint density at radius 1 is 1.41 bits per heavy atom. The van der Waals surface area contributed by atoms with Crippen LogP contribution in [0.5, 0.6) is 5.75 Å². The van der Waals surface area contributed by atoms with E-state index in [0.29, 0.717) is 0 Å². The molecule has 0 saturated heterocycles. The van der Waals surface area contributed by atoms with Crippen LogP contribution in [0.25, 0.3) is 5.65 Å². The Hall–Kier alpha value is -1.88. The van der Waals surface area contributed by atoms with Crippen molar-refractivity contribution in [2.24, 2.45) is 0 Å². The zero-order valence-electron chi connectivity index (χ0n) is 9.33. The van der Waals surface area contributed by atoms with Crippen molar-refractivity contribution in [2.75, 3.05) is 7.11 Å². The molecule has 0 unspecified atom stereocenters. The normalized spacial score (nSPS) is 10.9. The molecule has 3 aromatic rings. The van der Waals surface area contributed by atoms with E-state index in [4.69, 9.17) is 4.74 Å². The lowest BCUT2D eigenvalue weighted by Crippen LogP contribution is -1.90. The van der Waals surface area contributed by atoms with E-state index in [1.807, 2.05) is 24.4 Å². The molecule has 3 aromatic heterocycles. The van der Waals surface area contributed by atoms with Gasteiger partial charge in [-0.15, -0.1) is 11.3 Å². The summed E-state index contributed by atoms with van der Waals surface area (Å²) in [6.07, 6.45) is 2.64. The van der Waals surface area contributed by atoms with Gasteiger partial charge in [0.15, 0.2) is 11.5 Å². The minimum absolute atomic E-state index is 0.779. The molecular formula is C12H11N3OS. The molecule has 0 aliphatic heterocycles. The van der Waals surface area contributed by atoms with Crippen molar-refractivity contribution in [3.8, 4) is 5.75 Å². The van der Waals surface area contributed by atoms with Gasteiger partial charge in [-0.2, -0.15) is 5.10 Å². The maximum atomic E-state index is 5.16. The van der Waals surface area contributed by atoms with Gasteiger partial charge in [0, 0.05) is 23.6 Å². The van der Waals surface area contributed by atoms with Gasteiger partial charge in [0.25, 0.3) is 0 Å². The summed E-state index contributed by atoms with van der Waals surface area (Å²) in [5, 5.41) is 6.48. The number of thiophene rings is 1. The highest BCUT2D eigenvalue weighted by Gasteiger charge is 2.06. The third kappa shape index (κ3) is 2.01. The Morgan fingerprint density at radius 2 is 2.35 bits per heavy atom. The number of hydrogen-bond acceptors (Lipinski definition) is 4. The average Bonchev–Trinajstić information content (AvgIpc) is 2.96. The van der Waals surface area contributed by atoms with Crippen LogP contribution >= 0.6 is 11.3 Å². The van der Waals surface area contributed by atoms with Gasteiger partial charge in [-0.3, -0.25) is 0 Å². The molecule has 0 aliphatic carbocycles. The molecule has 0 atom stereocenters. The third-order valence-electron chi connectivity index (χ3n) is 2.50. The summed E-state index contributed by atoms with van der Waals surface area (Å²) in [5.41, 5.74) is 0.816. The molecule has 4 nitrogen and oxygen atoms in total. The summed E-state index contributed by atoms with van der Waals surface area (Å²) >= 11 is 1.72. The average molecular weight is 245 g/mol. The molecule has 0 amide bonds. The van der Waals surface area contributed by atoms with Gasteiger partial charge in [0.2, 0.25) is 0 Å². The second-order valence-electron chi connectivity index (χ2n) is 3.65. The monoisotopic (exact) mass is 245 g/mol. The van der Waals surface area contributed by atoms with Crippen molar-refractivity contribution in [1.29, 1.82) is 0 Å². The fourth-order valence-corrected chi connectivity index (χ4v) is 2.38. The van der Waals surface area contributed by atoms with Gasteiger partial charge in [0.05, 0.1) is 7.11 Å². The van der Waals surface area contributed by atoms with E-state index in [-0.39, 0.29) is 0 Å². The van der Waals surface area contributed by atoms with E-state index in [0.717, 1.165) is 23.6 Å².